The Bertz CT molecular complexity index is 426. The quantitative estimate of drug-likeness (QED) is 0.645. The highest BCUT2D eigenvalue weighted by Crippen LogP contribution is 2.15. The third kappa shape index (κ3) is 5.93. The van der Waals surface area contributed by atoms with Crippen molar-refractivity contribution in [1.82, 2.24) is 0 Å². The van der Waals surface area contributed by atoms with E-state index in [1.54, 1.807) is 24.3 Å². The highest BCUT2D eigenvalue weighted by atomic mass is 35.5. The number of anilines is 1. The maximum Gasteiger partial charge on any atom is 0.315 e. The topological polar surface area (TPSA) is 55.4 Å². The van der Waals surface area contributed by atoms with Gasteiger partial charge in [-0.3, -0.25) is 9.59 Å². The SMILES string of the molecule is COC(=O)CSCCC(=O)Nc1cccc(Cl)c1. The molecule has 0 spiro atoms. The van der Waals surface area contributed by atoms with E-state index >= 15 is 0 Å². The fourth-order valence-electron chi connectivity index (χ4n) is 1.17. The van der Waals surface area contributed by atoms with Gasteiger partial charge in [-0.15, -0.1) is 11.8 Å². The van der Waals surface area contributed by atoms with Gasteiger partial charge in [0.15, 0.2) is 0 Å². The number of hydrogen-bond acceptors (Lipinski definition) is 4. The molecule has 0 aliphatic heterocycles. The van der Waals surface area contributed by atoms with Gasteiger partial charge < -0.3 is 10.1 Å². The molecule has 1 N–H and O–H groups in total. The molecule has 18 heavy (non-hydrogen) atoms. The van der Waals surface area contributed by atoms with Crippen LogP contribution < -0.4 is 5.32 Å². The molecule has 0 unspecified atom stereocenters. The molecule has 98 valence electrons. The fraction of sp³-hybridized carbons (Fsp3) is 0.333. The van der Waals surface area contributed by atoms with Crippen molar-refractivity contribution in [2.24, 2.45) is 0 Å². The van der Waals surface area contributed by atoms with Crippen molar-refractivity contribution in [3.8, 4) is 0 Å². The van der Waals surface area contributed by atoms with E-state index in [-0.39, 0.29) is 17.6 Å². The molecule has 0 aliphatic carbocycles. The number of halogens is 1. The van der Waals surface area contributed by atoms with Crippen LogP contribution in [0.4, 0.5) is 5.69 Å². The Morgan fingerprint density at radius 3 is 2.89 bits per heavy atom. The summed E-state index contributed by atoms with van der Waals surface area (Å²) in [6.07, 6.45) is 0.341. The number of esters is 1. The summed E-state index contributed by atoms with van der Waals surface area (Å²) >= 11 is 7.17. The van der Waals surface area contributed by atoms with Crippen LogP contribution in [0.5, 0.6) is 0 Å². The smallest absolute Gasteiger partial charge is 0.315 e. The van der Waals surface area contributed by atoms with Gasteiger partial charge >= 0.3 is 5.97 Å². The molecule has 0 saturated heterocycles. The van der Waals surface area contributed by atoms with Crippen molar-refractivity contribution >= 4 is 40.9 Å². The second-order valence-electron chi connectivity index (χ2n) is 3.44. The predicted molar refractivity (Wildman–Crippen MR) is 74.0 cm³/mol. The van der Waals surface area contributed by atoms with Crippen molar-refractivity contribution in [2.45, 2.75) is 6.42 Å². The molecule has 1 aromatic carbocycles. The van der Waals surface area contributed by atoms with Crippen LogP contribution in [0, 0.1) is 0 Å². The second-order valence-corrected chi connectivity index (χ2v) is 4.98. The highest BCUT2D eigenvalue weighted by molar-refractivity contribution is 7.99. The van der Waals surface area contributed by atoms with E-state index in [4.69, 9.17) is 11.6 Å². The predicted octanol–water partition coefficient (Wildman–Crippen LogP) is 2.57. The minimum atomic E-state index is -0.282. The van der Waals surface area contributed by atoms with Gasteiger partial charge in [-0.1, -0.05) is 17.7 Å². The Morgan fingerprint density at radius 1 is 1.44 bits per heavy atom. The van der Waals surface area contributed by atoms with Gasteiger partial charge in [0.25, 0.3) is 0 Å². The van der Waals surface area contributed by atoms with Crippen molar-refractivity contribution in [2.75, 3.05) is 23.9 Å². The second kappa shape index (κ2) is 8.00. The fourth-order valence-corrected chi connectivity index (χ4v) is 2.12. The Morgan fingerprint density at radius 2 is 2.22 bits per heavy atom. The van der Waals surface area contributed by atoms with Crippen LogP contribution in [0.25, 0.3) is 0 Å². The first kappa shape index (κ1) is 14.9. The van der Waals surface area contributed by atoms with E-state index in [1.807, 2.05) is 0 Å². The number of thioether (sulfide) groups is 1. The Hall–Kier alpha value is -1.20. The monoisotopic (exact) mass is 287 g/mol. The Labute approximate surface area is 115 Å². The third-order valence-corrected chi connectivity index (χ3v) is 3.20. The normalized spacial score (nSPS) is 9.89. The first-order chi connectivity index (χ1) is 8.61. The molecular weight excluding hydrogens is 274 g/mol. The lowest BCUT2D eigenvalue weighted by Gasteiger charge is -2.05. The molecule has 0 aromatic heterocycles. The summed E-state index contributed by atoms with van der Waals surface area (Å²) < 4.78 is 4.49. The molecule has 0 atom stereocenters. The first-order valence-corrected chi connectivity index (χ1v) is 6.85. The van der Waals surface area contributed by atoms with E-state index in [0.717, 1.165) is 0 Å². The molecule has 1 rings (SSSR count). The molecule has 1 aromatic rings. The minimum Gasteiger partial charge on any atom is -0.468 e. The number of carbonyl (C=O) groups is 2. The summed E-state index contributed by atoms with van der Waals surface area (Å²) in [5, 5.41) is 3.31. The first-order valence-electron chi connectivity index (χ1n) is 5.32. The van der Waals surface area contributed by atoms with Crippen LogP contribution in [0.15, 0.2) is 24.3 Å². The summed E-state index contributed by atoms with van der Waals surface area (Å²) in [5.74, 6) is 0.451. The maximum atomic E-state index is 11.6. The number of hydrogen-bond donors (Lipinski definition) is 1. The zero-order valence-electron chi connectivity index (χ0n) is 9.94. The lowest BCUT2D eigenvalue weighted by atomic mass is 10.3. The average molecular weight is 288 g/mol. The van der Waals surface area contributed by atoms with Gasteiger partial charge in [0.1, 0.15) is 0 Å². The van der Waals surface area contributed by atoms with Gasteiger partial charge in [-0.2, -0.15) is 0 Å². The van der Waals surface area contributed by atoms with Crippen molar-refractivity contribution < 1.29 is 14.3 Å². The molecule has 0 bridgehead atoms. The molecular formula is C12H14ClNO3S. The molecule has 4 nitrogen and oxygen atoms in total. The minimum absolute atomic E-state index is 0.102. The molecule has 1 amide bonds. The lowest BCUT2D eigenvalue weighted by molar-refractivity contribution is -0.137. The van der Waals surface area contributed by atoms with Crippen molar-refractivity contribution in [3.63, 3.8) is 0 Å². The Balaban J connectivity index is 2.24. The maximum absolute atomic E-state index is 11.6. The van der Waals surface area contributed by atoms with Crippen LogP contribution >= 0.6 is 23.4 Å². The van der Waals surface area contributed by atoms with Gasteiger partial charge in [0.05, 0.1) is 12.9 Å². The standard InChI is InChI=1S/C12H14ClNO3S/c1-17-12(16)8-18-6-5-11(15)14-10-4-2-3-9(13)7-10/h2-4,7H,5-6,8H2,1H3,(H,14,15). The lowest BCUT2D eigenvalue weighted by Crippen LogP contribution is -2.13. The molecule has 6 heteroatoms. The van der Waals surface area contributed by atoms with Gasteiger partial charge in [0.2, 0.25) is 5.91 Å². The summed E-state index contributed by atoms with van der Waals surface area (Å²) in [7, 11) is 1.34. The molecule has 0 saturated carbocycles. The van der Waals surface area contributed by atoms with Crippen LogP contribution in [0.3, 0.4) is 0 Å². The van der Waals surface area contributed by atoms with E-state index < -0.39 is 0 Å². The van der Waals surface area contributed by atoms with Gasteiger partial charge in [-0.05, 0) is 18.2 Å². The molecule has 0 radical (unpaired) electrons. The van der Waals surface area contributed by atoms with Gasteiger partial charge in [-0.25, -0.2) is 0 Å². The van der Waals surface area contributed by atoms with Crippen LogP contribution in [0.2, 0.25) is 5.02 Å². The number of nitrogens with one attached hydrogen (secondary N) is 1. The number of carbonyl (C=O) groups excluding carboxylic acids is 2. The van der Waals surface area contributed by atoms with Crippen molar-refractivity contribution in [3.05, 3.63) is 29.3 Å². The number of ether oxygens (including phenoxy) is 1. The zero-order chi connectivity index (χ0) is 13.4. The number of rotatable bonds is 6. The third-order valence-electron chi connectivity index (χ3n) is 2.03. The molecule has 0 fully saturated rings. The van der Waals surface area contributed by atoms with E-state index in [1.165, 1.54) is 18.9 Å². The number of amides is 1. The summed E-state index contributed by atoms with van der Waals surface area (Å²) in [5.41, 5.74) is 0.672. The summed E-state index contributed by atoms with van der Waals surface area (Å²) in [4.78, 5) is 22.4. The van der Waals surface area contributed by atoms with E-state index in [9.17, 15) is 9.59 Å². The summed E-state index contributed by atoms with van der Waals surface area (Å²) in [6.45, 7) is 0. The number of methoxy groups -OCH3 is 1. The Kier molecular flexibility index (Phi) is 6.60. The summed E-state index contributed by atoms with van der Waals surface area (Å²) in [6, 6.07) is 6.96. The van der Waals surface area contributed by atoms with Crippen LogP contribution in [0.1, 0.15) is 6.42 Å². The van der Waals surface area contributed by atoms with Crippen molar-refractivity contribution in [1.29, 1.82) is 0 Å². The molecule has 0 aliphatic rings. The van der Waals surface area contributed by atoms with E-state index in [0.29, 0.717) is 22.9 Å². The zero-order valence-corrected chi connectivity index (χ0v) is 11.5. The average Bonchev–Trinajstić information content (AvgIpc) is 2.34. The number of benzene rings is 1. The highest BCUT2D eigenvalue weighted by Gasteiger charge is 2.04. The molecule has 0 heterocycles. The van der Waals surface area contributed by atoms with Crippen LogP contribution in [-0.4, -0.2) is 30.5 Å². The van der Waals surface area contributed by atoms with Gasteiger partial charge in [0, 0.05) is 22.9 Å². The van der Waals surface area contributed by atoms with E-state index in [2.05, 4.69) is 10.1 Å². The largest absolute Gasteiger partial charge is 0.468 e. The van der Waals surface area contributed by atoms with Crippen LogP contribution in [-0.2, 0) is 14.3 Å².